The summed E-state index contributed by atoms with van der Waals surface area (Å²) in [5, 5.41) is 0. The third kappa shape index (κ3) is 3.05. The Morgan fingerprint density at radius 2 is 2.11 bits per heavy atom. The summed E-state index contributed by atoms with van der Waals surface area (Å²) in [6, 6.07) is 0.306. The smallest absolute Gasteiger partial charge is 0.225 e. The first-order valence-electron chi connectivity index (χ1n) is 7.66. The minimum Gasteiger partial charge on any atom is -0.342 e. The number of amides is 1. The molecule has 1 saturated carbocycles. The Hall–Kier alpha value is -0.570. The van der Waals surface area contributed by atoms with Crippen molar-refractivity contribution in [1.29, 1.82) is 0 Å². The van der Waals surface area contributed by atoms with Gasteiger partial charge in [-0.1, -0.05) is 20.3 Å². The van der Waals surface area contributed by atoms with E-state index in [0.717, 1.165) is 38.3 Å². The van der Waals surface area contributed by atoms with Crippen molar-refractivity contribution in [1.82, 2.24) is 4.90 Å². The van der Waals surface area contributed by atoms with Crippen molar-refractivity contribution in [3.8, 4) is 0 Å². The monoisotopic (exact) mass is 252 g/mol. The predicted octanol–water partition coefficient (Wildman–Crippen LogP) is 2.40. The lowest BCUT2D eigenvalue weighted by Gasteiger charge is -2.33. The van der Waals surface area contributed by atoms with Crippen LogP contribution in [0.1, 0.15) is 52.4 Å². The molecular formula is C15H28N2O. The molecule has 1 heterocycles. The van der Waals surface area contributed by atoms with Crippen LogP contribution in [0.3, 0.4) is 0 Å². The second-order valence-corrected chi connectivity index (χ2v) is 6.38. The van der Waals surface area contributed by atoms with E-state index in [0.29, 0.717) is 17.9 Å². The van der Waals surface area contributed by atoms with Gasteiger partial charge in [0.1, 0.15) is 0 Å². The zero-order valence-electron chi connectivity index (χ0n) is 11.9. The molecule has 2 fully saturated rings. The van der Waals surface area contributed by atoms with Gasteiger partial charge in [-0.15, -0.1) is 0 Å². The molecule has 0 radical (unpaired) electrons. The molecule has 1 aliphatic heterocycles. The first-order valence-corrected chi connectivity index (χ1v) is 7.66. The van der Waals surface area contributed by atoms with E-state index in [1.807, 2.05) is 0 Å². The van der Waals surface area contributed by atoms with Crippen LogP contribution in [0.25, 0.3) is 0 Å². The SMILES string of the molecule is CCCC1CCN(C(=O)C2CCC(N)C(C)C2)C1. The van der Waals surface area contributed by atoms with E-state index in [2.05, 4.69) is 18.7 Å². The van der Waals surface area contributed by atoms with Crippen LogP contribution >= 0.6 is 0 Å². The quantitative estimate of drug-likeness (QED) is 0.838. The molecule has 0 aromatic heterocycles. The highest BCUT2D eigenvalue weighted by molar-refractivity contribution is 5.79. The van der Waals surface area contributed by atoms with Crippen molar-refractivity contribution in [2.45, 2.75) is 58.4 Å². The molecule has 1 amide bonds. The van der Waals surface area contributed by atoms with Gasteiger partial charge in [0.2, 0.25) is 5.91 Å². The van der Waals surface area contributed by atoms with Crippen LogP contribution in [-0.4, -0.2) is 29.9 Å². The van der Waals surface area contributed by atoms with Crippen LogP contribution in [0.15, 0.2) is 0 Å². The predicted molar refractivity (Wildman–Crippen MR) is 74.1 cm³/mol. The maximum atomic E-state index is 12.5. The number of carbonyl (C=O) groups excluding carboxylic acids is 1. The maximum absolute atomic E-state index is 12.5. The largest absolute Gasteiger partial charge is 0.342 e. The molecule has 0 aromatic carbocycles. The minimum atomic E-state index is 0.250. The normalized spacial score (nSPS) is 36.9. The number of hydrogen-bond acceptors (Lipinski definition) is 2. The Balaban J connectivity index is 1.85. The number of likely N-dealkylation sites (tertiary alicyclic amines) is 1. The topological polar surface area (TPSA) is 46.3 Å². The maximum Gasteiger partial charge on any atom is 0.225 e. The van der Waals surface area contributed by atoms with Gasteiger partial charge in [-0.2, -0.15) is 0 Å². The van der Waals surface area contributed by atoms with E-state index < -0.39 is 0 Å². The summed E-state index contributed by atoms with van der Waals surface area (Å²) < 4.78 is 0. The summed E-state index contributed by atoms with van der Waals surface area (Å²) >= 11 is 0. The molecular weight excluding hydrogens is 224 g/mol. The van der Waals surface area contributed by atoms with Gasteiger partial charge in [0.25, 0.3) is 0 Å². The van der Waals surface area contributed by atoms with E-state index in [4.69, 9.17) is 5.73 Å². The van der Waals surface area contributed by atoms with Gasteiger partial charge in [-0.25, -0.2) is 0 Å². The second kappa shape index (κ2) is 6.05. The zero-order valence-corrected chi connectivity index (χ0v) is 11.9. The zero-order chi connectivity index (χ0) is 13.1. The molecule has 104 valence electrons. The molecule has 1 aliphatic carbocycles. The van der Waals surface area contributed by atoms with Gasteiger partial charge >= 0.3 is 0 Å². The molecule has 0 bridgehead atoms. The van der Waals surface area contributed by atoms with Crippen molar-refractivity contribution in [2.75, 3.05) is 13.1 Å². The average molecular weight is 252 g/mol. The highest BCUT2D eigenvalue weighted by Crippen LogP contribution is 2.31. The summed E-state index contributed by atoms with van der Waals surface area (Å²) in [5.74, 6) is 1.91. The average Bonchev–Trinajstić information content (AvgIpc) is 2.81. The van der Waals surface area contributed by atoms with E-state index in [1.165, 1.54) is 19.3 Å². The number of rotatable bonds is 3. The molecule has 3 nitrogen and oxygen atoms in total. The summed E-state index contributed by atoms with van der Waals surface area (Å²) in [7, 11) is 0. The highest BCUT2D eigenvalue weighted by atomic mass is 16.2. The molecule has 4 unspecified atom stereocenters. The van der Waals surface area contributed by atoms with Gasteiger partial charge in [0.15, 0.2) is 0 Å². The summed E-state index contributed by atoms with van der Waals surface area (Å²) in [4.78, 5) is 14.6. The lowest BCUT2D eigenvalue weighted by atomic mass is 9.79. The molecule has 2 rings (SSSR count). The van der Waals surface area contributed by atoms with Gasteiger partial charge in [0, 0.05) is 25.0 Å². The van der Waals surface area contributed by atoms with Crippen LogP contribution in [0, 0.1) is 17.8 Å². The van der Waals surface area contributed by atoms with Crippen LogP contribution in [0.4, 0.5) is 0 Å². The lowest BCUT2D eigenvalue weighted by Crippen LogP contribution is -2.41. The molecule has 2 aliphatic rings. The molecule has 18 heavy (non-hydrogen) atoms. The third-order valence-electron chi connectivity index (χ3n) is 4.88. The Labute approximate surface area is 111 Å². The Bertz CT molecular complexity index is 292. The first kappa shape index (κ1) is 13.9. The van der Waals surface area contributed by atoms with Crippen molar-refractivity contribution < 1.29 is 4.79 Å². The van der Waals surface area contributed by atoms with Crippen molar-refractivity contribution in [3.05, 3.63) is 0 Å². The summed E-state index contributed by atoms with van der Waals surface area (Å²) in [6.07, 6.45) is 6.73. The van der Waals surface area contributed by atoms with Crippen molar-refractivity contribution >= 4 is 5.91 Å². The number of nitrogens with two attached hydrogens (primary N) is 1. The van der Waals surface area contributed by atoms with Crippen molar-refractivity contribution in [3.63, 3.8) is 0 Å². The van der Waals surface area contributed by atoms with E-state index >= 15 is 0 Å². The second-order valence-electron chi connectivity index (χ2n) is 6.38. The first-order chi connectivity index (χ1) is 8.61. The molecule has 4 atom stereocenters. The Kier molecular flexibility index (Phi) is 4.66. The fraction of sp³-hybridized carbons (Fsp3) is 0.933. The third-order valence-corrected chi connectivity index (χ3v) is 4.88. The molecule has 0 spiro atoms. The van der Waals surface area contributed by atoms with Gasteiger partial charge < -0.3 is 10.6 Å². The number of carbonyl (C=O) groups is 1. The molecule has 2 N–H and O–H groups in total. The summed E-state index contributed by atoms with van der Waals surface area (Å²) in [6.45, 7) is 6.41. The van der Waals surface area contributed by atoms with Crippen LogP contribution in [0.5, 0.6) is 0 Å². The van der Waals surface area contributed by atoms with Crippen LogP contribution < -0.4 is 5.73 Å². The van der Waals surface area contributed by atoms with Gasteiger partial charge in [-0.3, -0.25) is 4.79 Å². The van der Waals surface area contributed by atoms with Crippen LogP contribution in [-0.2, 0) is 4.79 Å². The van der Waals surface area contributed by atoms with E-state index in [-0.39, 0.29) is 5.92 Å². The lowest BCUT2D eigenvalue weighted by molar-refractivity contribution is -0.136. The molecule has 0 aromatic rings. The van der Waals surface area contributed by atoms with E-state index in [9.17, 15) is 4.79 Å². The number of hydrogen-bond donors (Lipinski definition) is 1. The van der Waals surface area contributed by atoms with E-state index in [1.54, 1.807) is 0 Å². The van der Waals surface area contributed by atoms with Crippen LogP contribution in [0.2, 0.25) is 0 Å². The fourth-order valence-electron chi connectivity index (χ4n) is 3.58. The van der Waals surface area contributed by atoms with Crippen molar-refractivity contribution in [2.24, 2.45) is 23.5 Å². The molecule has 1 saturated heterocycles. The van der Waals surface area contributed by atoms with Gasteiger partial charge in [0.05, 0.1) is 0 Å². The fourth-order valence-corrected chi connectivity index (χ4v) is 3.58. The Morgan fingerprint density at radius 1 is 1.33 bits per heavy atom. The minimum absolute atomic E-state index is 0.250. The standard InChI is InChI=1S/C15H28N2O/c1-3-4-12-7-8-17(10-12)15(18)13-5-6-14(16)11(2)9-13/h11-14H,3-10,16H2,1-2H3. The summed E-state index contributed by atoms with van der Waals surface area (Å²) in [5.41, 5.74) is 6.03. The number of nitrogens with zero attached hydrogens (tertiary/aromatic N) is 1. The van der Waals surface area contributed by atoms with Gasteiger partial charge in [-0.05, 0) is 43.9 Å². The highest BCUT2D eigenvalue weighted by Gasteiger charge is 2.34. The Morgan fingerprint density at radius 3 is 2.78 bits per heavy atom. The molecule has 3 heteroatoms.